The van der Waals surface area contributed by atoms with Crippen molar-refractivity contribution in [3.05, 3.63) is 77.8 Å². The molecule has 37 heavy (non-hydrogen) atoms. The van der Waals surface area contributed by atoms with E-state index in [2.05, 4.69) is 5.32 Å². The first-order valence-corrected chi connectivity index (χ1v) is 12.3. The fourth-order valence-corrected chi connectivity index (χ4v) is 4.12. The highest BCUT2D eigenvalue weighted by atomic mass is 19.1. The number of carbonyl (C=O) groups excluding carboxylic acids is 1. The van der Waals surface area contributed by atoms with Gasteiger partial charge in [0.05, 0.1) is 18.3 Å². The second-order valence-corrected chi connectivity index (χ2v) is 10.3. The lowest BCUT2D eigenvalue weighted by molar-refractivity contribution is -0.133. The van der Waals surface area contributed by atoms with Gasteiger partial charge in [-0.05, 0) is 48.1 Å². The molecule has 1 amide bonds. The Kier molecular flexibility index (Phi) is 9.53. The van der Waals surface area contributed by atoms with Crippen LogP contribution in [0.2, 0.25) is 0 Å². The van der Waals surface area contributed by atoms with Crippen molar-refractivity contribution in [2.75, 3.05) is 13.7 Å². The van der Waals surface area contributed by atoms with Crippen LogP contribution in [0, 0.1) is 17.0 Å². The number of rotatable bonds is 11. The topological polar surface area (TPSA) is 102 Å². The molecule has 0 spiro atoms. The summed E-state index contributed by atoms with van der Waals surface area (Å²) in [5.74, 6) is -0.524. The fourth-order valence-electron chi connectivity index (χ4n) is 4.12. The number of nitrogens with zero attached hydrogens (tertiary/aromatic N) is 2. The first kappa shape index (κ1) is 28.4. The zero-order valence-electron chi connectivity index (χ0n) is 21.7. The van der Waals surface area contributed by atoms with Gasteiger partial charge in [-0.15, -0.1) is 0 Å². The molecule has 4 N–H and O–H groups in total. The lowest BCUT2D eigenvalue weighted by Crippen LogP contribution is -2.44. The van der Waals surface area contributed by atoms with Crippen LogP contribution in [0.4, 0.5) is 8.78 Å². The lowest BCUT2D eigenvalue weighted by Gasteiger charge is -2.32. The second kappa shape index (κ2) is 12.4. The quantitative estimate of drug-likeness (QED) is 0.356. The molecule has 0 bridgehead atoms. The fraction of sp³-hybridized carbons (Fsp3) is 0.429. The van der Waals surface area contributed by atoms with Gasteiger partial charge in [-0.2, -0.15) is 0 Å². The summed E-state index contributed by atoms with van der Waals surface area (Å²) in [5.41, 5.74) is 7.18. The average molecular weight is 515 g/mol. The summed E-state index contributed by atoms with van der Waals surface area (Å²) in [7, 11) is 1.45. The Morgan fingerprint density at radius 1 is 1.14 bits per heavy atom. The van der Waals surface area contributed by atoms with Gasteiger partial charge in [0.15, 0.2) is 0 Å². The van der Waals surface area contributed by atoms with Crippen molar-refractivity contribution >= 4 is 5.91 Å². The minimum atomic E-state index is -0.767. The van der Waals surface area contributed by atoms with E-state index in [-0.39, 0.29) is 24.1 Å². The standard InChI is InChI=1S/C28H36F2N4O3/c1-28(2,3)25(33-27(36)24(37-4)12-11-22(31)17-35)26-32-23(19-8-6-10-21(30)14-19)16-34(26)15-18-7-5-9-20(29)13-18/h5-10,13-14,16,22,24-25,35H,11-12,15,17,31H2,1-4H3,(H,33,36)/t22-,24?,25-/m0/s1. The van der Waals surface area contributed by atoms with Crippen LogP contribution in [0.1, 0.15) is 51.0 Å². The Hall–Kier alpha value is -3.14. The molecule has 3 atom stereocenters. The Morgan fingerprint density at radius 3 is 2.41 bits per heavy atom. The van der Waals surface area contributed by atoms with E-state index in [1.165, 1.54) is 31.4 Å². The third-order valence-corrected chi connectivity index (χ3v) is 6.19. The predicted octanol–water partition coefficient (Wildman–Crippen LogP) is 4.19. The molecule has 0 fully saturated rings. The number of aromatic nitrogens is 2. The molecule has 7 nitrogen and oxygen atoms in total. The lowest BCUT2D eigenvalue weighted by atomic mass is 9.85. The van der Waals surface area contributed by atoms with Gasteiger partial charge in [-0.1, -0.05) is 45.0 Å². The number of hydrogen-bond donors (Lipinski definition) is 3. The van der Waals surface area contributed by atoms with Gasteiger partial charge in [-0.25, -0.2) is 13.8 Å². The van der Waals surface area contributed by atoms with Gasteiger partial charge in [0.25, 0.3) is 0 Å². The highest BCUT2D eigenvalue weighted by Crippen LogP contribution is 2.34. The van der Waals surface area contributed by atoms with E-state index in [1.807, 2.05) is 31.4 Å². The van der Waals surface area contributed by atoms with E-state index in [0.29, 0.717) is 36.5 Å². The van der Waals surface area contributed by atoms with Crippen molar-refractivity contribution in [3.8, 4) is 11.3 Å². The van der Waals surface area contributed by atoms with Gasteiger partial charge >= 0.3 is 0 Å². The van der Waals surface area contributed by atoms with Crippen LogP contribution in [-0.4, -0.2) is 46.4 Å². The number of aliphatic hydroxyl groups excluding tert-OH is 1. The summed E-state index contributed by atoms with van der Waals surface area (Å²) in [6.07, 6.45) is 1.78. The molecule has 0 saturated heterocycles. The van der Waals surface area contributed by atoms with Crippen molar-refractivity contribution < 1.29 is 23.4 Å². The van der Waals surface area contributed by atoms with Crippen molar-refractivity contribution in [2.24, 2.45) is 11.1 Å². The summed E-state index contributed by atoms with van der Waals surface area (Å²) in [5, 5.41) is 12.3. The number of halogens is 2. The number of nitrogens with two attached hydrogens (primary N) is 1. The predicted molar refractivity (Wildman–Crippen MR) is 139 cm³/mol. The molecular weight excluding hydrogens is 478 g/mol. The van der Waals surface area contributed by atoms with E-state index in [1.54, 1.807) is 24.4 Å². The molecule has 9 heteroatoms. The molecule has 3 rings (SSSR count). The largest absolute Gasteiger partial charge is 0.395 e. The number of amides is 1. The zero-order valence-corrected chi connectivity index (χ0v) is 21.7. The minimum Gasteiger partial charge on any atom is -0.395 e. The molecule has 1 heterocycles. The molecule has 0 saturated carbocycles. The van der Waals surface area contributed by atoms with Crippen molar-refractivity contribution in [1.82, 2.24) is 14.9 Å². The molecule has 0 aliphatic carbocycles. The first-order chi connectivity index (χ1) is 17.5. The van der Waals surface area contributed by atoms with Crippen LogP contribution in [0.25, 0.3) is 11.3 Å². The van der Waals surface area contributed by atoms with E-state index < -0.39 is 23.6 Å². The minimum absolute atomic E-state index is 0.178. The highest BCUT2D eigenvalue weighted by Gasteiger charge is 2.34. The number of methoxy groups -OCH3 is 1. The number of imidazole rings is 1. The van der Waals surface area contributed by atoms with Gasteiger partial charge < -0.3 is 25.5 Å². The van der Waals surface area contributed by atoms with Crippen LogP contribution < -0.4 is 11.1 Å². The van der Waals surface area contributed by atoms with Crippen LogP contribution in [0.3, 0.4) is 0 Å². The third kappa shape index (κ3) is 7.67. The van der Waals surface area contributed by atoms with Crippen LogP contribution in [-0.2, 0) is 16.1 Å². The zero-order chi connectivity index (χ0) is 27.2. The van der Waals surface area contributed by atoms with E-state index >= 15 is 0 Å². The van der Waals surface area contributed by atoms with Crippen LogP contribution >= 0.6 is 0 Å². The van der Waals surface area contributed by atoms with Crippen molar-refractivity contribution in [1.29, 1.82) is 0 Å². The highest BCUT2D eigenvalue weighted by molar-refractivity contribution is 5.81. The van der Waals surface area contributed by atoms with Gasteiger partial charge in [0, 0.05) is 31.5 Å². The van der Waals surface area contributed by atoms with Gasteiger partial charge in [0.1, 0.15) is 23.6 Å². The molecule has 1 aromatic heterocycles. The summed E-state index contributed by atoms with van der Waals surface area (Å²) in [6, 6.07) is 11.4. The smallest absolute Gasteiger partial charge is 0.249 e. The van der Waals surface area contributed by atoms with Crippen molar-refractivity contribution in [2.45, 2.75) is 58.3 Å². The summed E-state index contributed by atoms with van der Waals surface area (Å²) in [4.78, 5) is 18.1. The number of hydrogen-bond acceptors (Lipinski definition) is 5. The molecule has 200 valence electrons. The number of nitrogens with one attached hydrogen (secondary N) is 1. The van der Waals surface area contributed by atoms with Crippen LogP contribution in [0.5, 0.6) is 0 Å². The normalized spacial score (nSPS) is 14.3. The third-order valence-electron chi connectivity index (χ3n) is 6.19. The number of ether oxygens (including phenoxy) is 1. The Bertz CT molecular complexity index is 1190. The summed E-state index contributed by atoms with van der Waals surface area (Å²) < 4.78 is 35.2. The molecule has 0 radical (unpaired) electrons. The second-order valence-electron chi connectivity index (χ2n) is 10.3. The Balaban J connectivity index is 2.01. The van der Waals surface area contributed by atoms with E-state index in [9.17, 15) is 18.7 Å². The van der Waals surface area contributed by atoms with E-state index in [0.717, 1.165) is 5.56 Å². The molecular formula is C28H36F2N4O3. The summed E-state index contributed by atoms with van der Waals surface area (Å²) >= 11 is 0. The average Bonchev–Trinajstić information content (AvgIpc) is 3.25. The first-order valence-electron chi connectivity index (χ1n) is 12.3. The SMILES string of the molecule is COC(CC[C@H](N)CO)C(=O)N[C@@H](c1nc(-c2cccc(F)c2)cn1Cc1cccc(F)c1)C(C)(C)C. The maximum absolute atomic E-state index is 14.0. The Morgan fingerprint density at radius 2 is 1.81 bits per heavy atom. The van der Waals surface area contributed by atoms with Gasteiger partial charge in [0.2, 0.25) is 5.91 Å². The number of aliphatic hydroxyl groups is 1. The van der Waals surface area contributed by atoms with Crippen LogP contribution in [0.15, 0.2) is 54.7 Å². The van der Waals surface area contributed by atoms with Crippen molar-refractivity contribution in [3.63, 3.8) is 0 Å². The summed E-state index contributed by atoms with van der Waals surface area (Å²) in [6.45, 7) is 6.06. The van der Waals surface area contributed by atoms with E-state index in [4.69, 9.17) is 15.5 Å². The molecule has 2 aromatic carbocycles. The molecule has 1 unspecified atom stereocenters. The molecule has 0 aliphatic heterocycles. The monoisotopic (exact) mass is 514 g/mol. The maximum atomic E-state index is 14.0. The number of carbonyl (C=O) groups is 1. The molecule has 0 aliphatic rings. The number of benzene rings is 2. The maximum Gasteiger partial charge on any atom is 0.249 e. The Labute approximate surface area is 216 Å². The molecule has 3 aromatic rings. The van der Waals surface area contributed by atoms with Gasteiger partial charge in [-0.3, -0.25) is 4.79 Å².